The minimum atomic E-state index is -0.583. The van der Waals surface area contributed by atoms with Crippen molar-refractivity contribution < 1.29 is 10.0 Å². The van der Waals surface area contributed by atoms with Crippen LogP contribution in [0.3, 0.4) is 0 Å². The first kappa shape index (κ1) is 9.36. The summed E-state index contributed by atoms with van der Waals surface area (Å²) in [6, 6.07) is -0.583. The molecule has 0 aromatic rings. The van der Waals surface area contributed by atoms with Crippen molar-refractivity contribution in [3.8, 4) is 0 Å². The Kier molecular flexibility index (Phi) is 3.95. The molecule has 1 N–H and O–H groups in total. The van der Waals surface area contributed by atoms with Crippen LogP contribution < -0.4 is 0 Å². The average Bonchev–Trinajstić information content (AvgIpc) is 1.81. The topological polar surface area (TPSA) is 63.4 Å². The van der Waals surface area contributed by atoms with Crippen LogP contribution in [0, 0.1) is 10.1 Å². The third kappa shape index (κ3) is 3.40. The third-order valence-corrected chi connectivity index (χ3v) is 1.38. The van der Waals surface area contributed by atoms with Gasteiger partial charge < -0.3 is 5.11 Å². The highest BCUT2D eigenvalue weighted by Crippen LogP contribution is 2.04. The number of hydrogen-bond donors (Lipinski definition) is 1. The molecule has 0 saturated heterocycles. The van der Waals surface area contributed by atoms with E-state index in [1.54, 1.807) is 13.8 Å². The van der Waals surface area contributed by atoms with E-state index in [2.05, 4.69) is 0 Å². The molecule has 0 aliphatic rings. The number of hydrogen-bond acceptors (Lipinski definition) is 3. The molecule has 0 aromatic carbocycles. The Labute approximate surface area is 60.0 Å². The smallest absolute Gasteiger partial charge is 0.215 e. The van der Waals surface area contributed by atoms with E-state index < -0.39 is 12.1 Å². The molecule has 0 aliphatic carbocycles. The van der Waals surface area contributed by atoms with Crippen molar-refractivity contribution >= 4 is 0 Å². The number of aliphatic hydroxyl groups excluding tert-OH is 1. The second-order valence-electron chi connectivity index (χ2n) is 2.43. The third-order valence-electron chi connectivity index (χ3n) is 1.38. The van der Waals surface area contributed by atoms with Crippen LogP contribution in [0.15, 0.2) is 0 Å². The van der Waals surface area contributed by atoms with Gasteiger partial charge in [-0.25, -0.2) is 0 Å². The highest BCUT2D eigenvalue weighted by molar-refractivity contribution is 4.57. The first-order chi connectivity index (χ1) is 4.57. The summed E-state index contributed by atoms with van der Waals surface area (Å²) in [5, 5.41) is 19.0. The van der Waals surface area contributed by atoms with Gasteiger partial charge in [0.2, 0.25) is 6.04 Å². The lowest BCUT2D eigenvalue weighted by atomic mass is 10.1. The Morgan fingerprint density at radius 2 is 2.20 bits per heavy atom. The zero-order valence-electron chi connectivity index (χ0n) is 6.28. The van der Waals surface area contributed by atoms with Crippen molar-refractivity contribution in [1.29, 1.82) is 0 Å². The molecule has 0 radical (unpaired) electrons. The van der Waals surface area contributed by atoms with Gasteiger partial charge in [0.15, 0.2) is 0 Å². The van der Waals surface area contributed by atoms with E-state index in [9.17, 15) is 10.1 Å². The standard InChI is InChI=1S/C6H13NO3/c1-3-6(7(9)10)4-5(2)8/h5-6,8H,3-4H2,1-2H3. The first-order valence-electron chi connectivity index (χ1n) is 3.39. The molecule has 0 saturated carbocycles. The molecule has 4 nitrogen and oxygen atoms in total. The van der Waals surface area contributed by atoms with Crippen molar-refractivity contribution in [2.75, 3.05) is 0 Å². The van der Waals surface area contributed by atoms with Crippen LogP contribution in [-0.2, 0) is 0 Å². The van der Waals surface area contributed by atoms with Gasteiger partial charge in [-0.3, -0.25) is 10.1 Å². The number of rotatable bonds is 4. The Hall–Kier alpha value is -0.640. The summed E-state index contributed by atoms with van der Waals surface area (Å²) < 4.78 is 0. The summed E-state index contributed by atoms with van der Waals surface area (Å²) >= 11 is 0. The van der Waals surface area contributed by atoms with Crippen LogP contribution in [0.4, 0.5) is 0 Å². The summed E-state index contributed by atoms with van der Waals surface area (Å²) in [6.07, 6.45) is 0.164. The van der Waals surface area contributed by atoms with Gasteiger partial charge in [0.1, 0.15) is 0 Å². The Bertz CT molecular complexity index is 114. The monoisotopic (exact) mass is 147 g/mol. The van der Waals surface area contributed by atoms with Crippen LogP contribution in [0.25, 0.3) is 0 Å². The molecular formula is C6H13NO3. The Morgan fingerprint density at radius 1 is 1.70 bits per heavy atom. The minimum absolute atomic E-state index is 0.253. The maximum atomic E-state index is 10.2. The van der Waals surface area contributed by atoms with Gasteiger partial charge in [0.05, 0.1) is 6.10 Å². The van der Waals surface area contributed by atoms with E-state index >= 15 is 0 Å². The molecule has 2 unspecified atom stereocenters. The second-order valence-corrected chi connectivity index (χ2v) is 2.43. The molecule has 10 heavy (non-hydrogen) atoms. The summed E-state index contributed by atoms with van der Waals surface area (Å²) in [6.45, 7) is 3.31. The lowest BCUT2D eigenvalue weighted by Gasteiger charge is -2.07. The van der Waals surface area contributed by atoms with Crippen molar-refractivity contribution in [2.45, 2.75) is 38.8 Å². The maximum Gasteiger partial charge on any atom is 0.215 e. The molecule has 0 aliphatic heterocycles. The van der Waals surface area contributed by atoms with E-state index in [0.29, 0.717) is 6.42 Å². The normalized spacial score (nSPS) is 16.3. The van der Waals surface area contributed by atoms with E-state index in [-0.39, 0.29) is 11.3 Å². The Balaban J connectivity index is 3.72. The quantitative estimate of drug-likeness (QED) is 0.472. The molecule has 2 atom stereocenters. The van der Waals surface area contributed by atoms with E-state index in [0.717, 1.165) is 0 Å². The number of nitrogens with zero attached hydrogens (tertiary/aromatic N) is 1. The van der Waals surface area contributed by atoms with Crippen molar-refractivity contribution in [3.63, 3.8) is 0 Å². The van der Waals surface area contributed by atoms with Gasteiger partial charge in [0, 0.05) is 17.8 Å². The van der Waals surface area contributed by atoms with Crippen LogP contribution >= 0.6 is 0 Å². The van der Waals surface area contributed by atoms with Crippen molar-refractivity contribution in [2.24, 2.45) is 0 Å². The van der Waals surface area contributed by atoms with E-state index in [1.165, 1.54) is 0 Å². The van der Waals surface area contributed by atoms with Crippen LogP contribution in [-0.4, -0.2) is 22.2 Å². The van der Waals surface area contributed by atoms with Gasteiger partial charge in [0.25, 0.3) is 0 Å². The van der Waals surface area contributed by atoms with Gasteiger partial charge in [-0.2, -0.15) is 0 Å². The predicted octanol–water partition coefficient (Wildman–Crippen LogP) is 0.813. The summed E-state index contributed by atoms with van der Waals surface area (Å²) in [5.41, 5.74) is 0. The molecule has 0 amide bonds. The molecule has 0 rings (SSSR count). The van der Waals surface area contributed by atoms with Gasteiger partial charge in [-0.1, -0.05) is 6.92 Å². The molecule has 4 heteroatoms. The summed E-state index contributed by atoms with van der Waals surface area (Å²) in [4.78, 5) is 9.82. The van der Waals surface area contributed by atoms with Gasteiger partial charge in [-0.05, 0) is 6.92 Å². The number of aliphatic hydroxyl groups is 1. The zero-order chi connectivity index (χ0) is 8.15. The van der Waals surface area contributed by atoms with E-state index in [4.69, 9.17) is 5.11 Å². The average molecular weight is 147 g/mol. The van der Waals surface area contributed by atoms with Gasteiger partial charge in [-0.15, -0.1) is 0 Å². The fourth-order valence-electron chi connectivity index (χ4n) is 0.796. The highest BCUT2D eigenvalue weighted by Gasteiger charge is 2.18. The Morgan fingerprint density at radius 3 is 2.30 bits per heavy atom. The predicted molar refractivity (Wildman–Crippen MR) is 37.4 cm³/mol. The minimum Gasteiger partial charge on any atom is -0.393 e. The fourth-order valence-corrected chi connectivity index (χ4v) is 0.796. The molecule has 0 aromatic heterocycles. The largest absolute Gasteiger partial charge is 0.393 e. The second kappa shape index (κ2) is 4.22. The highest BCUT2D eigenvalue weighted by atomic mass is 16.6. The van der Waals surface area contributed by atoms with Crippen LogP contribution in [0.1, 0.15) is 26.7 Å². The summed E-state index contributed by atoms with van der Waals surface area (Å²) in [7, 11) is 0. The lowest BCUT2D eigenvalue weighted by Crippen LogP contribution is -2.23. The molecular weight excluding hydrogens is 134 g/mol. The van der Waals surface area contributed by atoms with Crippen LogP contribution in [0.5, 0.6) is 0 Å². The molecule has 0 fully saturated rings. The number of nitro groups is 1. The van der Waals surface area contributed by atoms with Crippen molar-refractivity contribution in [3.05, 3.63) is 10.1 Å². The molecule has 0 bridgehead atoms. The molecule has 0 heterocycles. The SMILES string of the molecule is CCC(CC(C)O)[N+](=O)[O-]. The van der Waals surface area contributed by atoms with Crippen LogP contribution in [0.2, 0.25) is 0 Å². The molecule has 60 valence electrons. The summed E-state index contributed by atoms with van der Waals surface area (Å²) in [5.74, 6) is 0. The van der Waals surface area contributed by atoms with Crippen molar-refractivity contribution in [1.82, 2.24) is 0 Å². The first-order valence-corrected chi connectivity index (χ1v) is 3.39. The maximum absolute atomic E-state index is 10.2. The lowest BCUT2D eigenvalue weighted by molar-refractivity contribution is -0.525. The van der Waals surface area contributed by atoms with E-state index in [1.807, 2.05) is 0 Å². The van der Waals surface area contributed by atoms with Gasteiger partial charge >= 0.3 is 0 Å². The fraction of sp³-hybridized carbons (Fsp3) is 1.00. The molecule has 0 spiro atoms. The zero-order valence-corrected chi connectivity index (χ0v) is 6.28.